The molecule has 0 aromatic carbocycles. The Labute approximate surface area is 107 Å². The summed E-state index contributed by atoms with van der Waals surface area (Å²) in [4.78, 5) is 11.3. The molecule has 4 heteroatoms. The van der Waals surface area contributed by atoms with Crippen LogP contribution in [0, 0.1) is 11.3 Å². The van der Waals surface area contributed by atoms with Crippen molar-refractivity contribution < 1.29 is 19.1 Å². The van der Waals surface area contributed by atoms with Gasteiger partial charge in [-0.1, -0.05) is 20.3 Å². The zero-order valence-electron chi connectivity index (χ0n) is 11.1. The molecule has 0 bridgehead atoms. The van der Waals surface area contributed by atoms with Gasteiger partial charge in [-0.2, -0.15) is 0 Å². The van der Waals surface area contributed by atoms with E-state index in [1.54, 1.807) is 12.1 Å². The highest BCUT2D eigenvalue weighted by Gasteiger charge is 2.40. The maximum absolute atomic E-state index is 11.3. The minimum absolute atomic E-state index is 0.109. The van der Waals surface area contributed by atoms with Gasteiger partial charge in [-0.3, -0.25) is 0 Å². The van der Waals surface area contributed by atoms with Gasteiger partial charge in [0.15, 0.2) is 0 Å². The van der Waals surface area contributed by atoms with Crippen molar-refractivity contribution in [2.45, 2.75) is 39.2 Å². The number of rotatable bonds is 3. The molecule has 18 heavy (non-hydrogen) atoms. The Morgan fingerprint density at radius 2 is 2.28 bits per heavy atom. The summed E-state index contributed by atoms with van der Waals surface area (Å²) in [7, 11) is 1.31. The van der Waals surface area contributed by atoms with Gasteiger partial charge >= 0.3 is 5.97 Å². The van der Waals surface area contributed by atoms with Crippen molar-refractivity contribution in [2.75, 3.05) is 7.11 Å². The van der Waals surface area contributed by atoms with Crippen molar-refractivity contribution in [1.82, 2.24) is 0 Å². The number of esters is 1. The van der Waals surface area contributed by atoms with Gasteiger partial charge in [-0.05, 0) is 36.3 Å². The molecule has 0 aliphatic heterocycles. The molecule has 2 atom stereocenters. The smallest absolute Gasteiger partial charge is 0.373 e. The molecule has 1 N–H and O–H groups in total. The second-order valence-corrected chi connectivity index (χ2v) is 5.63. The zero-order valence-corrected chi connectivity index (χ0v) is 11.1. The molecule has 1 heterocycles. The van der Waals surface area contributed by atoms with E-state index in [0.29, 0.717) is 5.76 Å². The lowest BCUT2D eigenvalue weighted by atomic mass is 9.78. The number of methoxy groups -OCH3 is 1. The van der Waals surface area contributed by atoms with Crippen molar-refractivity contribution in [2.24, 2.45) is 11.3 Å². The summed E-state index contributed by atoms with van der Waals surface area (Å²) >= 11 is 0. The SMILES string of the molecule is COC(=O)c1ccc(C(O)C2CCCC2(C)C)o1. The van der Waals surface area contributed by atoms with Gasteiger partial charge in [0.25, 0.3) is 0 Å². The van der Waals surface area contributed by atoms with E-state index in [-0.39, 0.29) is 17.1 Å². The average molecular weight is 252 g/mol. The standard InChI is InChI=1S/C14H20O4/c1-14(2)8-4-5-9(14)12(15)10-6-7-11(18-10)13(16)17-3/h6-7,9,12,15H,4-5,8H2,1-3H3. The molecule has 2 unspecified atom stereocenters. The van der Waals surface area contributed by atoms with E-state index in [2.05, 4.69) is 18.6 Å². The highest BCUT2D eigenvalue weighted by atomic mass is 16.5. The maximum atomic E-state index is 11.3. The predicted octanol–water partition coefficient (Wildman–Crippen LogP) is 2.93. The van der Waals surface area contributed by atoms with Gasteiger partial charge in [0.2, 0.25) is 5.76 Å². The van der Waals surface area contributed by atoms with Gasteiger partial charge in [-0.15, -0.1) is 0 Å². The number of hydrogen-bond acceptors (Lipinski definition) is 4. The summed E-state index contributed by atoms with van der Waals surface area (Å²) in [6.45, 7) is 4.33. The van der Waals surface area contributed by atoms with Crippen LogP contribution in [-0.4, -0.2) is 18.2 Å². The van der Waals surface area contributed by atoms with Crippen LogP contribution in [0.2, 0.25) is 0 Å². The highest BCUT2D eigenvalue weighted by molar-refractivity contribution is 5.86. The van der Waals surface area contributed by atoms with Crippen LogP contribution in [0.4, 0.5) is 0 Å². The molecule has 1 fully saturated rings. The summed E-state index contributed by atoms with van der Waals surface area (Å²) in [6.07, 6.45) is 2.57. The van der Waals surface area contributed by atoms with Gasteiger partial charge < -0.3 is 14.3 Å². The fourth-order valence-corrected chi connectivity index (χ4v) is 2.86. The topological polar surface area (TPSA) is 59.7 Å². The quantitative estimate of drug-likeness (QED) is 0.840. The van der Waals surface area contributed by atoms with E-state index in [4.69, 9.17) is 4.42 Å². The summed E-state index contributed by atoms with van der Waals surface area (Å²) < 4.78 is 9.96. The third-order valence-corrected chi connectivity index (χ3v) is 4.03. The Morgan fingerprint density at radius 3 is 2.83 bits per heavy atom. The molecule has 0 spiro atoms. The van der Waals surface area contributed by atoms with Crippen LogP contribution in [0.5, 0.6) is 0 Å². The lowest BCUT2D eigenvalue weighted by Gasteiger charge is -2.30. The van der Waals surface area contributed by atoms with Crippen molar-refractivity contribution in [3.8, 4) is 0 Å². The van der Waals surface area contributed by atoms with Gasteiger partial charge in [0.05, 0.1) is 7.11 Å². The fourth-order valence-electron chi connectivity index (χ4n) is 2.86. The number of hydrogen-bond donors (Lipinski definition) is 1. The lowest BCUT2D eigenvalue weighted by Crippen LogP contribution is -2.23. The fraction of sp³-hybridized carbons (Fsp3) is 0.643. The molecule has 1 saturated carbocycles. The molecule has 4 nitrogen and oxygen atoms in total. The first-order valence-corrected chi connectivity index (χ1v) is 6.32. The number of aliphatic hydroxyl groups excluding tert-OH is 1. The summed E-state index contributed by atoms with van der Waals surface area (Å²) in [6, 6.07) is 3.21. The van der Waals surface area contributed by atoms with Gasteiger partial charge in [-0.25, -0.2) is 4.79 Å². The minimum Gasteiger partial charge on any atom is -0.463 e. The first-order valence-electron chi connectivity index (χ1n) is 6.32. The van der Waals surface area contributed by atoms with Crippen molar-refractivity contribution in [3.63, 3.8) is 0 Å². The van der Waals surface area contributed by atoms with E-state index < -0.39 is 12.1 Å². The van der Waals surface area contributed by atoms with E-state index in [9.17, 15) is 9.90 Å². The largest absolute Gasteiger partial charge is 0.463 e. The first kappa shape index (κ1) is 13.1. The molecule has 0 saturated heterocycles. The molecule has 0 amide bonds. The van der Waals surface area contributed by atoms with Crippen LogP contribution >= 0.6 is 0 Å². The average Bonchev–Trinajstić information content (AvgIpc) is 2.93. The Kier molecular flexibility index (Phi) is 3.48. The summed E-state index contributed by atoms with van der Waals surface area (Å²) in [5.41, 5.74) is 0.109. The van der Waals surface area contributed by atoms with E-state index in [1.807, 2.05) is 0 Å². The Bertz CT molecular complexity index is 433. The third-order valence-electron chi connectivity index (χ3n) is 4.03. The Balaban J connectivity index is 2.16. The molecular weight excluding hydrogens is 232 g/mol. The van der Waals surface area contributed by atoms with Crippen molar-refractivity contribution >= 4 is 5.97 Å². The highest BCUT2D eigenvalue weighted by Crippen LogP contribution is 2.48. The molecule has 1 aliphatic rings. The van der Waals surface area contributed by atoms with E-state index in [0.717, 1.165) is 19.3 Å². The van der Waals surface area contributed by atoms with E-state index >= 15 is 0 Å². The number of carbonyl (C=O) groups excluding carboxylic acids is 1. The van der Waals surface area contributed by atoms with Crippen LogP contribution in [0.15, 0.2) is 16.5 Å². The molecule has 2 rings (SSSR count). The van der Waals surface area contributed by atoms with Crippen LogP contribution in [0.1, 0.15) is 55.5 Å². The predicted molar refractivity (Wildman–Crippen MR) is 66.1 cm³/mol. The minimum atomic E-state index is -0.652. The van der Waals surface area contributed by atoms with Crippen molar-refractivity contribution in [1.29, 1.82) is 0 Å². The van der Waals surface area contributed by atoms with Gasteiger partial charge in [0, 0.05) is 0 Å². The number of carbonyl (C=O) groups is 1. The Morgan fingerprint density at radius 1 is 1.56 bits per heavy atom. The molecule has 1 aromatic heterocycles. The first-order chi connectivity index (χ1) is 8.45. The molecule has 0 radical (unpaired) electrons. The summed E-state index contributed by atoms with van der Waals surface area (Å²) in [5.74, 6) is 0.256. The van der Waals surface area contributed by atoms with Crippen molar-refractivity contribution in [3.05, 3.63) is 23.7 Å². The maximum Gasteiger partial charge on any atom is 0.373 e. The number of ether oxygens (including phenoxy) is 1. The molecule has 1 aromatic rings. The lowest BCUT2D eigenvalue weighted by molar-refractivity contribution is 0.0335. The van der Waals surface area contributed by atoms with Gasteiger partial charge in [0.1, 0.15) is 11.9 Å². The number of aliphatic hydroxyl groups is 1. The molecule has 1 aliphatic carbocycles. The normalized spacial score (nSPS) is 23.9. The molecule has 100 valence electrons. The second kappa shape index (κ2) is 4.76. The third kappa shape index (κ3) is 2.29. The monoisotopic (exact) mass is 252 g/mol. The number of furan rings is 1. The van der Waals surface area contributed by atoms with Crippen LogP contribution < -0.4 is 0 Å². The van der Waals surface area contributed by atoms with Crippen LogP contribution in [0.25, 0.3) is 0 Å². The zero-order chi connectivity index (χ0) is 13.3. The van der Waals surface area contributed by atoms with Crippen LogP contribution in [-0.2, 0) is 4.74 Å². The van der Waals surface area contributed by atoms with E-state index in [1.165, 1.54) is 7.11 Å². The second-order valence-electron chi connectivity index (χ2n) is 5.63. The molecular formula is C14H20O4. The van der Waals surface area contributed by atoms with Crippen LogP contribution in [0.3, 0.4) is 0 Å². The Hall–Kier alpha value is -1.29. The summed E-state index contributed by atoms with van der Waals surface area (Å²) in [5, 5.41) is 10.4.